The Kier molecular flexibility index (Phi) is 4.86. The molecule has 3 aromatic rings. The van der Waals surface area contributed by atoms with Gasteiger partial charge >= 0.3 is 0 Å². The van der Waals surface area contributed by atoms with Crippen molar-refractivity contribution in [2.24, 2.45) is 0 Å². The third-order valence-electron chi connectivity index (χ3n) is 5.73. The Morgan fingerprint density at radius 2 is 1.87 bits per heavy atom. The SMILES string of the molecule is COc1ccc(Oc2coc3c4c(ccc3c2=O)OCN([C@@H]2CCS(=O)(=O)C2)C4)cc1. The van der Waals surface area contributed by atoms with Gasteiger partial charge in [0.1, 0.15) is 35.8 Å². The van der Waals surface area contributed by atoms with Crippen molar-refractivity contribution in [3.8, 4) is 23.0 Å². The van der Waals surface area contributed by atoms with E-state index in [-0.39, 0.29) is 28.7 Å². The first-order chi connectivity index (χ1) is 14.9. The fraction of sp³-hybridized carbons (Fsp3) is 0.318. The van der Waals surface area contributed by atoms with Crippen LogP contribution in [0, 0.1) is 0 Å². The summed E-state index contributed by atoms with van der Waals surface area (Å²) in [4.78, 5) is 15.0. The molecule has 1 fully saturated rings. The number of hydrogen-bond donors (Lipinski definition) is 0. The van der Waals surface area contributed by atoms with Crippen LogP contribution in [0.25, 0.3) is 11.0 Å². The van der Waals surface area contributed by atoms with Gasteiger partial charge in [-0.3, -0.25) is 9.69 Å². The highest BCUT2D eigenvalue weighted by Crippen LogP contribution is 2.34. The maximum Gasteiger partial charge on any atom is 0.235 e. The van der Waals surface area contributed by atoms with Gasteiger partial charge < -0.3 is 18.6 Å². The van der Waals surface area contributed by atoms with Crippen molar-refractivity contribution in [2.45, 2.75) is 19.0 Å². The zero-order chi connectivity index (χ0) is 21.6. The van der Waals surface area contributed by atoms with Crippen LogP contribution in [0.3, 0.4) is 0 Å². The molecule has 162 valence electrons. The van der Waals surface area contributed by atoms with Crippen molar-refractivity contribution in [3.63, 3.8) is 0 Å². The monoisotopic (exact) mass is 443 g/mol. The normalized spacial score (nSPS) is 20.2. The first-order valence-corrected chi connectivity index (χ1v) is 11.7. The highest BCUT2D eigenvalue weighted by atomic mass is 32.2. The average Bonchev–Trinajstić information content (AvgIpc) is 3.15. The van der Waals surface area contributed by atoms with Crippen molar-refractivity contribution in [3.05, 3.63) is 58.4 Å². The number of benzene rings is 2. The van der Waals surface area contributed by atoms with Crippen LogP contribution >= 0.6 is 0 Å². The molecule has 0 saturated carbocycles. The molecule has 0 radical (unpaired) electrons. The van der Waals surface area contributed by atoms with Crippen LogP contribution in [0.15, 0.2) is 51.9 Å². The topological polar surface area (TPSA) is 95.3 Å². The standard InChI is InChI=1S/C22H21NO7S/c1-27-15-2-4-16(5-3-15)30-20-11-28-22-17(21(20)24)6-7-19-18(22)10-23(13-29-19)14-8-9-31(25,26)12-14/h2-7,11,14H,8-10,12-13H2,1H3/t14-/m1/s1. The van der Waals surface area contributed by atoms with E-state index in [0.29, 0.717) is 47.9 Å². The maximum atomic E-state index is 13.0. The third-order valence-corrected chi connectivity index (χ3v) is 7.48. The molecular formula is C22H21NO7S. The van der Waals surface area contributed by atoms with Crippen LogP contribution < -0.4 is 19.6 Å². The molecule has 0 spiro atoms. The highest BCUT2D eigenvalue weighted by molar-refractivity contribution is 7.91. The van der Waals surface area contributed by atoms with Gasteiger partial charge in [-0.25, -0.2) is 8.42 Å². The summed E-state index contributed by atoms with van der Waals surface area (Å²) >= 11 is 0. The molecule has 5 rings (SSSR count). The minimum atomic E-state index is -3.01. The van der Waals surface area contributed by atoms with E-state index in [0.717, 1.165) is 5.56 Å². The van der Waals surface area contributed by atoms with Crippen LogP contribution in [0.2, 0.25) is 0 Å². The Morgan fingerprint density at radius 3 is 2.58 bits per heavy atom. The number of hydrogen-bond acceptors (Lipinski definition) is 8. The summed E-state index contributed by atoms with van der Waals surface area (Å²) in [6.07, 6.45) is 1.88. The van der Waals surface area contributed by atoms with Gasteiger partial charge in [0.15, 0.2) is 9.84 Å². The number of sulfone groups is 1. The quantitative estimate of drug-likeness (QED) is 0.607. The second-order valence-electron chi connectivity index (χ2n) is 7.70. The van der Waals surface area contributed by atoms with E-state index < -0.39 is 9.84 Å². The average molecular weight is 443 g/mol. The van der Waals surface area contributed by atoms with Crippen molar-refractivity contribution < 1.29 is 27.0 Å². The Bertz CT molecular complexity index is 1300. The van der Waals surface area contributed by atoms with Crippen molar-refractivity contribution >= 4 is 20.8 Å². The van der Waals surface area contributed by atoms with E-state index in [4.69, 9.17) is 18.6 Å². The zero-order valence-corrected chi connectivity index (χ0v) is 17.7. The summed E-state index contributed by atoms with van der Waals surface area (Å²) in [5.74, 6) is 2.20. The molecular weight excluding hydrogens is 422 g/mol. The van der Waals surface area contributed by atoms with Crippen LogP contribution in [-0.2, 0) is 16.4 Å². The summed E-state index contributed by atoms with van der Waals surface area (Å²) in [7, 11) is -1.43. The summed E-state index contributed by atoms with van der Waals surface area (Å²) in [5, 5.41) is 0.384. The van der Waals surface area contributed by atoms with Gasteiger partial charge in [-0.15, -0.1) is 0 Å². The lowest BCUT2D eigenvalue weighted by molar-refractivity contribution is 0.0649. The molecule has 0 N–H and O–H groups in total. The molecule has 1 aromatic heterocycles. The lowest BCUT2D eigenvalue weighted by Gasteiger charge is -2.33. The molecule has 8 nitrogen and oxygen atoms in total. The zero-order valence-electron chi connectivity index (χ0n) is 16.9. The van der Waals surface area contributed by atoms with Gasteiger partial charge in [0.25, 0.3) is 0 Å². The molecule has 1 saturated heterocycles. The number of ether oxygens (including phenoxy) is 3. The molecule has 3 heterocycles. The van der Waals surface area contributed by atoms with Gasteiger partial charge in [0, 0.05) is 12.6 Å². The number of methoxy groups -OCH3 is 1. The maximum absolute atomic E-state index is 13.0. The number of nitrogens with zero attached hydrogens (tertiary/aromatic N) is 1. The lowest BCUT2D eigenvalue weighted by atomic mass is 10.1. The highest BCUT2D eigenvalue weighted by Gasteiger charge is 2.35. The summed E-state index contributed by atoms with van der Waals surface area (Å²) < 4.78 is 46.2. The van der Waals surface area contributed by atoms with E-state index in [1.807, 2.05) is 4.90 Å². The first-order valence-electron chi connectivity index (χ1n) is 9.90. The van der Waals surface area contributed by atoms with E-state index in [9.17, 15) is 13.2 Å². The van der Waals surface area contributed by atoms with Crippen LogP contribution in [-0.4, -0.2) is 44.7 Å². The fourth-order valence-corrected chi connectivity index (χ4v) is 5.81. The van der Waals surface area contributed by atoms with Gasteiger partial charge in [-0.2, -0.15) is 0 Å². The van der Waals surface area contributed by atoms with Crippen LogP contribution in [0.4, 0.5) is 0 Å². The first kappa shape index (κ1) is 19.9. The number of rotatable bonds is 4. The van der Waals surface area contributed by atoms with Crippen molar-refractivity contribution in [1.82, 2.24) is 4.90 Å². The van der Waals surface area contributed by atoms with E-state index in [2.05, 4.69) is 0 Å². The predicted octanol–water partition coefficient (Wildman–Crippen LogP) is 2.93. The van der Waals surface area contributed by atoms with Crippen molar-refractivity contribution in [1.29, 1.82) is 0 Å². The van der Waals surface area contributed by atoms with Crippen molar-refractivity contribution in [2.75, 3.05) is 25.3 Å². The largest absolute Gasteiger partial charge is 0.497 e. The molecule has 0 unspecified atom stereocenters. The third kappa shape index (κ3) is 3.75. The van der Waals surface area contributed by atoms with E-state index in [1.54, 1.807) is 43.5 Å². The van der Waals surface area contributed by atoms with Crippen LogP contribution in [0.5, 0.6) is 23.0 Å². The molecule has 0 bridgehead atoms. The predicted molar refractivity (Wildman–Crippen MR) is 114 cm³/mol. The van der Waals surface area contributed by atoms with Gasteiger partial charge in [-0.1, -0.05) is 0 Å². The Balaban J connectivity index is 1.46. The summed E-state index contributed by atoms with van der Waals surface area (Å²) in [6, 6.07) is 10.2. The minimum absolute atomic E-state index is 0.0769. The molecule has 0 aliphatic carbocycles. The summed E-state index contributed by atoms with van der Waals surface area (Å²) in [5.41, 5.74) is 0.872. The van der Waals surface area contributed by atoms with Crippen LogP contribution in [0.1, 0.15) is 12.0 Å². The summed E-state index contributed by atoms with van der Waals surface area (Å²) in [6.45, 7) is 0.760. The molecule has 2 aliphatic rings. The molecule has 0 amide bonds. The van der Waals surface area contributed by atoms with Gasteiger partial charge in [0.2, 0.25) is 11.2 Å². The second-order valence-corrected chi connectivity index (χ2v) is 9.93. The molecule has 1 atom stereocenters. The van der Waals surface area contributed by atoms with Gasteiger partial charge in [-0.05, 0) is 42.8 Å². The Labute approximate surface area is 178 Å². The smallest absolute Gasteiger partial charge is 0.235 e. The second kappa shape index (κ2) is 7.58. The molecule has 2 aromatic carbocycles. The Hall–Kier alpha value is -3.04. The lowest BCUT2D eigenvalue weighted by Crippen LogP contribution is -2.41. The Morgan fingerprint density at radius 1 is 1.10 bits per heavy atom. The van der Waals surface area contributed by atoms with E-state index in [1.165, 1.54) is 6.26 Å². The fourth-order valence-electron chi connectivity index (χ4n) is 4.05. The van der Waals surface area contributed by atoms with E-state index >= 15 is 0 Å². The minimum Gasteiger partial charge on any atom is -0.497 e. The molecule has 31 heavy (non-hydrogen) atoms. The molecule has 2 aliphatic heterocycles. The number of fused-ring (bicyclic) bond motifs is 3. The molecule has 9 heteroatoms. The van der Waals surface area contributed by atoms with Gasteiger partial charge in [0.05, 0.1) is 29.6 Å².